The Kier molecular flexibility index (Phi) is 7.54. The topological polar surface area (TPSA) is 101 Å². The van der Waals surface area contributed by atoms with Crippen molar-refractivity contribution in [2.24, 2.45) is 5.10 Å². The fourth-order valence-corrected chi connectivity index (χ4v) is 2.69. The number of H-pyrrole nitrogens is 1. The first-order valence-electron chi connectivity index (χ1n) is 9.83. The zero-order chi connectivity index (χ0) is 21.2. The molecule has 0 bridgehead atoms. The first-order chi connectivity index (χ1) is 14.7. The minimum atomic E-state index is -0.363. The molecule has 0 aliphatic heterocycles. The molecule has 0 saturated carbocycles. The van der Waals surface area contributed by atoms with Crippen molar-refractivity contribution in [2.75, 3.05) is 19.1 Å². The van der Waals surface area contributed by atoms with E-state index >= 15 is 0 Å². The summed E-state index contributed by atoms with van der Waals surface area (Å²) in [5, 5.41) is 12.1. The maximum Gasteiger partial charge on any atom is 0.279 e. The highest BCUT2D eigenvalue weighted by Gasteiger charge is 2.07. The molecule has 1 heterocycles. The van der Waals surface area contributed by atoms with Gasteiger partial charge in [-0.25, -0.2) is 5.43 Å². The lowest BCUT2D eigenvalue weighted by Crippen LogP contribution is -2.15. The Morgan fingerprint density at radius 1 is 1.03 bits per heavy atom. The number of nitrogens with zero attached hydrogens (tertiary/aromatic N) is 3. The van der Waals surface area contributed by atoms with Gasteiger partial charge in [0.15, 0.2) is 5.69 Å². The number of nitrogens with one attached hydrogen (secondary N) is 2. The quantitative estimate of drug-likeness (QED) is 0.301. The molecule has 0 saturated heterocycles. The van der Waals surface area contributed by atoms with Gasteiger partial charge in [0.2, 0.25) is 5.95 Å². The Labute approximate surface area is 175 Å². The molecule has 2 N–H and O–H groups in total. The summed E-state index contributed by atoms with van der Waals surface area (Å²) in [6, 6.07) is 14.6. The van der Waals surface area contributed by atoms with E-state index in [-0.39, 0.29) is 17.2 Å². The zero-order valence-electron chi connectivity index (χ0n) is 17.1. The fourth-order valence-electron chi connectivity index (χ4n) is 2.69. The molecule has 3 rings (SSSR count). The first-order valence-corrected chi connectivity index (χ1v) is 9.83. The molecule has 0 aliphatic carbocycles. The Hall–Kier alpha value is -3.68. The van der Waals surface area contributed by atoms with Crippen molar-refractivity contribution in [3.63, 3.8) is 0 Å². The number of ether oxygens (including phenoxy) is 2. The van der Waals surface area contributed by atoms with Gasteiger partial charge in [0.25, 0.3) is 5.56 Å². The van der Waals surface area contributed by atoms with Crippen molar-refractivity contribution < 1.29 is 9.47 Å². The van der Waals surface area contributed by atoms with Crippen LogP contribution < -0.4 is 20.5 Å². The monoisotopic (exact) mass is 407 g/mol. The molecular formula is C22H25N5O3. The minimum Gasteiger partial charge on any atom is -0.497 e. The summed E-state index contributed by atoms with van der Waals surface area (Å²) in [6.45, 7) is 2.89. The van der Waals surface area contributed by atoms with Crippen LogP contribution in [0.4, 0.5) is 5.95 Å². The molecule has 0 spiro atoms. The smallest absolute Gasteiger partial charge is 0.279 e. The van der Waals surface area contributed by atoms with Crippen molar-refractivity contribution in [1.82, 2.24) is 15.2 Å². The standard InChI is InChI=1S/C22H25N5O3/c1-3-4-5-14-30-19-10-6-16(7-11-19)15-23-26-22-24-21(28)20(25-27-22)17-8-12-18(29-2)13-9-17/h6-13,15H,3-5,14H2,1-2H3,(H2,24,26,27,28)/b23-15+. The second kappa shape index (κ2) is 10.8. The van der Waals surface area contributed by atoms with E-state index in [1.54, 1.807) is 37.6 Å². The molecule has 0 aliphatic rings. The van der Waals surface area contributed by atoms with Crippen LogP contribution in [0.3, 0.4) is 0 Å². The number of hydrazone groups is 1. The van der Waals surface area contributed by atoms with Crippen LogP contribution in [0.15, 0.2) is 58.4 Å². The van der Waals surface area contributed by atoms with Crippen molar-refractivity contribution in [1.29, 1.82) is 0 Å². The molecule has 0 unspecified atom stereocenters. The third-order valence-corrected chi connectivity index (χ3v) is 4.34. The molecule has 0 amide bonds. The lowest BCUT2D eigenvalue weighted by Gasteiger charge is -2.05. The van der Waals surface area contributed by atoms with Crippen molar-refractivity contribution in [3.05, 3.63) is 64.4 Å². The highest BCUT2D eigenvalue weighted by molar-refractivity contribution is 5.80. The highest BCUT2D eigenvalue weighted by Crippen LogP contribution is 2.17. The minimum absolute atomic E-state index is 0.157. The van der Waals surface area contributed by atoms with Gasteiger partial charge in [0.1, 0.15) is 11.5 Å². The largest absolute Gasteiger partial charge is 0.497 e. The van der Waals surface area contributed by atoms with Gasteiger partial charge in [-0.2, -0.15) is 5.10 Å². The summed E-state index contributed by atoms with van der Waals surface area (Å²) in [6.07, 6.45) is 5.02. The van der Waals surface area contributed by atoms with Crippen LogP contribution in [0.5, 0.6) is 11.5 Å². The predicted molar refractivity (Wildman–Crippen MR) is 117 cm³/mol. The van der Waals surface area contributed by atoms with Gasteiger partial charge in [-0.05, 0) is 60.5 Å². The summed E-state index contributed by atoms with van der Waals surface area (Å²) < 4.78 is 10.8. The summed E-state index contributed by atoms with van der Waals surface area (Å²) >= 11 is 0. The highest BCUT2D eigenvalue weighted by atomic mass is 16.5. The van der Waals surface area contributed by atoms with Crippen molar-refractivity contribution in [2.45, 2.75) is 26.2 Å². The van der Waals surface area contributed by atoms with Gasteiger partial charge in [-0.15, -0.1) is 10.2 Å². The van der Waals surface area contributed by atoms with E-state index in [9.17, 15) is 4.79 Å². The Morgan fingerprint density at radius 3 is 2.43 bits per heavy atom. The number of hydrogen-bond donors (Lipinski definition) is 2. The number of aromatic nitrogens is 3. The Bertz CT molecular complexity index is 1010. The number of aromatic amines is 1. The van der Waals surface area contributed by atoms with E-state index in [1.807, 2.05) is 24.3 Å². The van der Waals surface area contributed by atoms with Crippen molar-refractivity contribution >= 4 is 12.2 Å². The van der Waals surface area contributed by atoms with Gasteiger partial charge >= 0.3 is 0 Å². The lowest BCUT2D eigenvalue weighted by atomic mass is 10.1. The van der Waals surface area contributed by atoms with Crippen LogP contribution in [0, 0.1) is 0 Å². The fraction of sp³-hybridized carbons (Fsp3) is 0.273. The third-order valence-electron chi connectivity index (χ3n) is 4.34. The van der Waals surface area contributed by atoms with Crippen LogP contribution in [0.25, 0.3) is 11.3 Å². The summed E-state index contributed by atoms with van der Waals surface area (Å²) in [7, 11) is 1.58. The van der Waals surface area contributed by atoms with Gasteiger partial charge < -0.3 is 9.47 Å². The van der Waals surface area contributed by atoms with Gasteiger partial charge in [-0.3, -0.25) is 9.78 Å². The van der Waals surface area contributed by atoms with Crippen LogP contribution in [0.2, 0.25) is 0 Å². The van der Waals surface area contributed by atoms with Crippen LogP contribution in [-0.2, 0) is 0 Å². The third kappa shape index (κ3) is 5.91. The van der Waals surface area contributed by atoms with Crippen LogP contribution in [-0.4, -0.2) is 35.1 Å². The Morgan fingerprint density at radius 2 is 1.77 bits per heavy atom. The van der Waals surface area contributed by atoms with Crippen molar-refractivity contribution in [3.8, 4) is 22.8 Å². The second-order valence-corrected chi connectivity index (χ2v) is 6.57. The van der Waals surface area contributed by atoms with E-state index < -0.39 is 0 Å². The molecule has 3 aromatic rings. The molecule has 2 aromatic carbocycles. The van der Waals surface area contributed by atoms with Gasteiger partial charge in [-0.1, -0.05) is 19.8 Å². The number of hydrogen-bond acceptors (Lipinski definition) is 7. The van der Waals surface area contributed by atoms with Crippen LogP contribution >= 0.6 is 0 Å². The molecule has 156 valence electrons. The number of rotatable bonds is 10. The molecular weight excluding hydrogens is 382 g/mol. The zero-order valence-corrected chi connectivity index (χ0v) is 17.1. The van der Waals surface area contributed by atoms with E-state index in [1.165, 1.54) is 12.8 Å². The normalized spacial score (nSPS) is 10.9. The molecule has 0 atom stereocenters. The average molecular weight is 407 g/mol. The molecule has 1 aromatic heterocycles. The van der Waals surface area contributed by atoms with E-state index in [0.29, 0.717) is 11.3 Å². The molecule has 30 heavy (non-hydrogen) atoms. The predicted octanol–water partition coefficient (Wildman–Crippen LogP) is 3.86. The van der Waals surface area contributed by atoms with E-state index in [2.05, 4.69) is 32.6 Å². The second-order valence-electron chi connectivity index (χ2n) is 6.57. The number of anilines is 1. The van der Waals surface area contributed by atoms with E-state index in [4.69, 9.17) is 9.47 Å². The first kappa shape index (κ1) is 21.0. The van der Waals surface area contributed by atoms with Gasteiger partial charge in [0, 0.05) is 5.56 Å². The average Bonchev–Trinajstić information content (AvgIpc) is 2.78. The molecule has 8 nitrogen and oxygen atoms in total. The SMILES string of the molecule is CCCCCOc1ccc(/C=N/Nc2nnc(-c3ccc(OC)cc3)c(=O)[nH]2)cc1. The van der Waals surface area contributed by atoms with Gasteiger partial charge in [0.05, 0.1) is 19.9 Å². The maximum absolute atomic E-state index is 12.3. The summed E-state index contributed by atoms with van der Waals surface area (Å²) in [5.74, 6) is 1.69. The molecule has 0 radical (unpaired) electrons. The number of methoxy groups -OCH3 is 1. The molecule has 8 heteroatoms. The van der Waals surface area contributed by atoms with Crippen LogP contribution in [0.1, 0.15) is 31.7 Å². The van der Waals surface area contributed by atoms with E-state index in [0.717, 1.165) is 24.3 Å². The Balaban J connectivity index is 1.57. The summed E-state index contributed by atoms with van der Waals surface area (Å²) in [5.41, 5.74) is 4.08. The number of unbranched alkanes of at least 4 members (excludes halogenated alkanes) is 2. The molecule has 0 fully saturated rings. The lowest BCUT2D eigenvalue weighted by molar-refractivity contribution is 0.306. The number of benzene rings is 2. The maximum atomic E-state index is 12.3. The summed E-state index contributed by atoms with van der Waals surface area (Å²) in [4.78, 5) is 14.9.